The lowest BCUT2D eigenvalue weighted by atomic mass is 10.2. The van der Waals surface area contributed by atoms with Crippen LogP contribution in [0, 0.1) is 0 Å². The lowest BCUT2D eigenvalue weighted by Gasteiger charge is -2.18. The lowest BCUT2D eigenvalue weighted by molar-refractivity contribution is 0.205. The van der Waals surface area contributed by atoms with E-state index in [1.54, 1.807) is 25.8 Å². The summed E-state index contributed by atoms with van der Waals surface area (Å²) >= 11 is 0. The molecule has 4 rings (SSSR count). The van der Waals surface area contributed by atoms with Gasteiger partial charge in [0.25, 0.3) is 0 Å². The first-order valence-corrected chi connectivity index (χ1v) is 7.81. The molecule has 24 heavy (non-hydrogen) atoms. The smallest absolute Gasteiger partial charge is 0.316 e. The van der Waals surface area contributed by atoms with Gasteiger partial charge in [-0.15, -0.1) is 0 Å². The van der Waals surface area contributed by atoms with E-state index in [0.717, 1.165) is 36.2 Å². The van der Waals surface area contributed by atoms with Crippen LogP contribution in [0.4, 0.5) is 5.82 Å². The molecule has 2 aromatic heterocycles. The number of aromatic nitrogens is 4. The number of rotatable bonds is 4. The number of methoxy groups -OCH3 is 1. The van der Waals surface area contributed by atoms with Gasteiger partial charge in [-0.25, -0.2) is 9.97 Å². The molecule has 1 atom stereocenters. The fourth-order valence-corrected chi connectivity index (χ4v) is 2.88. The van der Waals surface area contributed by atoms with Crippen LogP contribution in [-0.2, 0) is 0 Å². The molecule has 1 aliphatic heterocycles. The van der Waals surface area contributed by atoms with Crippen molar-refractivity contribution in [3.63, 3.8) is 0 Å². The van der Waals surface area contributed by atoms with Gasteiger partial charge in [0.2, 0.25) is 0 Å². The second-order valence-corrected chi connectivity index (χ2v) is 5.59. The van der Waals surface area contributed by atoms with Crippen molar-refractivity contribution in [1.29, 1.82) is 0 Å². The highest BCUT2D eigenvalue weighted by Crippen LogP contribution is 2.26. The summed E-state index contributed by atoms with van der Waals surface area (Å²) in [5, 5.41) is 1.06. The molecular weight excluding hydrogens is 306 g/mol. The first-order valence-electron chi connectivity index (χ1n) is 7.81. The van der Waals surface area contributed by atoms with E-state index in [0.29, 0.717) is 11.8 Å². The molecule has 3 heterocycles. The van der Waals surface area contributed by atoms with Gasteiger partial charge < -0.3 is 14.4 Å². The van der Waals surface area contributed by atoms with E-state index < -0.39 is 0 Å². The topological polar surface area (TPSA) is 73.3 Å². The monoisotopic (exact) mass is 323 g/mol. The van der Waals surface area contributed by atoms with Gasteiger partial charge in [-0.3, -0.25) is 0 Å². The number of anilines is 1. The van der Waals surface area contributed by atoms with E-state index in [1.807, 2.05) is 24.3 Å². The van der Waals surface area contributed by atoms with E-state index >= 15 is 0 Å². The zero-order chi connectivity index (χ0) is 16.4. The van der Waals surface area contributed by atoms with Gasteiger partial charge in [0.15, 0.2) is 5.75 Å². The molecule has 0 N–H and O–H groups in total. The Morgan fingerprint density at radius 1 is 1.08 bits per heavy atom. The Kier molecular flexibility index (Phi) is 3.82. The quantitative estimate of drug-likeness (QED) is 0.728. The number of ether oxygens (including phenoxy) is 2. The van der Waals surface area contributed by atoms with Gasteiger partial charge in [0.1, 0.15) is 18.2 Å². The fourth-order valence-electron chi connectivity index (χ4n) is 2.88. The maximum Gasteiger partial charge on any atom is 0.316 e. The highest BCUT2D eigenvalue weighted by atomic mass is 16.5. The lowest BCUT2D eigenvalue weighted by Crippen LogP contribution is -2.26. The minimum absolute atomic E-state index is 0.0344. The van der Waals surface area contributed by atoms with Crippen LogP contribution in [0.25, 0.3) is 10.9 Å². The maximum atomic E-state index is 5.88. The standard InChI is InChI=1S/C17H17N5O2/c1-23-13-8-18-17(19-9-13)24-12-6-7-22(10-12)16-14-4-2-3-5-15(14)20-11-21-16/h2-5,8-9,11-12H,6-7,10H2,1H3. The summed E-state index contributed by atoms with van der Waals surface area (Å²) in [4.78, 5) is 19.3. The highest BCUT2D eigenvalue weighted by molar-refractivity contribution is 5.89. The molecule has 1 aromatic carbocycles. The molecule has 0 radical (unpaired) electrons. The third kappa shape index (κ3) is 2.80. The van der Waals surface area contributed by atoms with E-state index in [4.69, 9.17) is 9.47 Å². The third-order valence-electron chi connectivity index (χ3n) is 4.08. The van der Waals surface area contributed by atoms with Gasteiger partial charge in [0, 0.05) is 18.4 Å². The van der Waals surface area contributed by atoms with Crippen molar-refractivity contribution in [3.8, 4) is 11.8 Å². The van der Waals surface area contributed by atoms with Crippen LogP contribution < -0.4 is 14.4 Å². The molecule has 1 aliphatic rings. The Hall–Kier alpha value is -2.96. The zero-order valence-corrected chi connectivity index (χ0v) is 13.3. The summed E-state index contributed by atoms with van der Waals surface area (Å²) in [5.41, 5.74) is 0.949. The molecule has 122 valence electrons. The number of para-hydroxylation sites is 1. The Morgan fingerprint density at radius 2 is 1.92 bits per heavy atom. The molecule has 7 nitrogen and oxygen atoms in total. The average Bonchev–Trinajstić information content (AvgIpc) is 3.10. The molecule has 1 fully saturated rings. The average molecular weight is 323 g/mol. The number of fused-ring (bicyclic) bond motifs is 1. The van der Waals surface area contributed by atoms with Crippen LogP contribution in [0.3, 0.4) is 0 Å². The van der Waals surface area contributed by atoms with Gasteiger partial charge in [-0.2, -0.15) is 9.97 Å². The Balaban J connectivity index is 1.49. The summed E-state index contributed by atoms with van der Waals surface area (Å²) in [5.74, 6) is 1.56. The van der Waals surface area contributed by atoms with Crippen LogP contribution in [-0.4, -0.2) is 46.2 Å². The van der Waals surface area contributed by atoms with E-state index in [9.17, 15) is 0 Å². The van der Waals surface area contributed by atoms with Crippen molar-refractivity contribution in [2.24, 2.45) is 0 Å². The zero-order valence-electron chi connectivity index (χ0n) is 13.3. The van der Waals surface area contributed by atoms with E-state index in [2.05, 4.69) is 24.8 Å². The van der Waals surface area contributed by atoms with Gasteiger partial charge >= 0.3 is 6.01 Å². The molecule has 0 spiro atoms. The van der Waals surface area contributed by atoms with Gasteiger partial charge in [-0.1, -0.05) is 12.1 Å². The first-order chi connectivity index (χ1) is 11.8. The molecule has 0 bridgehead atoms. The molecule has 7 heteroatoms. The molecule has 1 unspecified atom stereocenters. The first kappa shape index (κ1) is 14.6. The molecular formula is C17H17N5O2. The van der Waals surface area contributed by atoms with Crippen molar-refractivity contribution in [1.82, 2.24) is 19.9 Å². The minimum atomic E-state index is 0.0344. The Morgan fingerprint density at radius 3 is 2.75 bits per heavy atom. The summed E-state index contributed by atoms with van der Waals surface area (Å²) in [6.07, 6.45) is 5.75. The van der Waals surface area contributed by atoms with Gasteiger partial charge in [-0.05, 0) is 12.1 Å². The molecule has 0 saturated carbocycles. The largest absolute Gasteiger partial charge is 0.494 e. The van der Waals surface area contributed by atoms with Crippen LogP contribution >= 0.6 is 0 Å². The number of hydrogen-bond donors (Lipinski definition) is 0. The summed E-state index contributed by atoms with van der Waals surface area (Å²) in [7, 11) is 1.58. The van der Waals surface area contributed by atoms with E-state index in [1.165, 1.54) is 0 Å². The molecule has 0 aliphatic carbocycles. The van der Waals surface area contributed by atoms with Gasteiger partial charge in [0.05, 0.1) is 31.6 Å². The number of benzene rings is 1. The SMILES string of the molecule is COc1cnc(OC2CCN(c3ncnc4ccccc34)C2)nc1. The van der Waals surface area contributed by atoms with Crippen molar-refractivity contribution in [3.05, 3.63) is 43.0 Å². The van der Waals surface area contributed by atoms with Crippen LogP contribution in [0.1, 0.15) is 6.42 Å². The van der Waals surface area contributed by atoms with Crippen molar-refractivity contribution < 1.29 is 9.47 Å². The normalized spacial score (nSPS) is 17.2. The Labute approximate surface area is 139 Å². The predicted octanol–water partition coefficient (Wildman–Crippen LogP) is 2.09. The molecule has 1 saturated heterocycles. The maximum absolute atomic E-state index is 5.88. The minimum Gasteiger partial charge on any atom is -0.494 e. The van der Waals surface area contributed by atoms with Crippen molar-refractivity contribution in [2.75, 3.05) is 25.1 Å². The second-order valence-electron chi connectivity index (χ2n) is 5.59. The predicted molar refractivity (Wildman–Crippen MR) is 89.4 cm³/mol. The summed E-state index contributed by atoms with van der Waals surface area (Å²) in [6.45, 7) is 1.62. The van der Waals surface area contributed by atoms with Crippen molar-refractivity contribution >= 4 is 16.7 Å². The van der Waals surface area contributed by atoms with E-state index in [-0.39, 0.29) is 6.10 Å². The molecule has 0 amide bonds. The number of hydrogen-bond acceptors (Lipinski definition) is 7. The fraction of sp³-hybridized carbons (Fsp3) is 0.294. The van der Waals surface area contributed by atoms with Crippen LogP contribution in [0.15, 0.2) is 43.0 Å². The molecule has 3 aromatic rings. The second kappa shape index (κ2) is 6.27. The Bertz CT molecular complexity index is 835. The highest BCUT2D eigenvalue weighted by Gasteiger charge is 2.26. The number of nitrogens with zero attached hydrogens (tertiary/aromatic N) is 5. The summed E-state index contributed by atoms with van der Waals surface area (Å²) < 4.78 is 10.9. The van der Waals surface area contributed by atoms with Crippen molar-refractivity contribution in [2.45, 2.75) is 12.5 Å². The van der Waals surface area contributed by atoms with Crippen LogP contribution in [0.2, 0.25) is 0 Å². The third-order valence-corrected chi connectivity index (χ3v) is 4.08. The van der Waals surface area contributed by atoms with Crippen LogP contribution in [0.5, 0.6) is 11.8 Å². The summed E-state index contributed by atoms with van der Waals surface area (Å²) in [6, 6.07) is 8.40.